The van der Waals surface area contributed by atoms with E-state index in [1.54, 1.807) is 0 Å². The van der Waals surface area contributed by atoms with E-state index in [1.165, 1.54) is 11.1 Å². The van der Waals surface area contributed by atoms with Crippen LogP contribution in [-0.2, 0) is 5.41 Å². The first kappa shape index (κ1) is 15.3. The number of hydrogen-bond acceptors (Lipinski definition) is 1. The number of hydrogen-bond donors (Lipinski definition) is 2. The number of nitrogens with zero attached hydrogens (tertiary/aromatic N) is 1. The van der Waals surface area contributed by atoms with Crippen molar-refractivity contribution in [2.75, 3.05) is 13.1 Å². The lowest BCUT2D eigenvalue weighted by molar-refractivity contribution is 0.536. The molecule has 0 unspecified atom stereocenters. The van der Waals surface area contributed by atoms with Crippen molar-refractivity contribution in [3.63, 3.8) is 0 Å². The summed E-state index contributed by atoms with van der Waals surface area (Å²) in [4.78, 5) is 4.43. The second-order valence-corrected chi connectivity index (χ2v) is 5.71. The number of nitrogens with one attached hydrogen (secondary N) is 1. The standard InChI is InChI=1S/C16H25N3/c1-12(2)10-18-15(17)19-11-16(4,5)14-9-7-6-8-13(14)3/h6-9H,1,10-11H2,2-5H3,(H3,17,18,19). The normalized spacial score (nSPS) is 12.3. The first-order valence-corrected chi connectivity index (χ1v) is 6.57. The molecular formula is C16H25N3. The quantitative estimate of drug-likeness (QED) is 0.485. The Balaban J connectivity index is 2.72. The molecule has 1 aromatic carbocycles. The molecule has 1 aromatic rings. The van der Waals surface area contributed by atoms with Crippen LogP contribution >= 0.6 is 0 Å². The summed E-state index contributed by atoms with van der Waals surface area (Å²) in [6.07, 6.45) is 0. The van der Waals surface area contributed by atoms with Crippen LogP contribution in [0.25, 0.3) is 0 Å². The number of aryl methyl sites for hydroxylation is 1. The second-order valence-electron chi connectivity index (χ2n) is 5.71. The van der Waals surface area contributed by atoms with Gasteiger partial charge in [-0.05, 0) is 25.0 Å². The van der Waals surface area contributed by atoms with Gasteiger partial charge in [0.05, 0.1) is 6.54 Å². The lowest BCUT2D eigenvalue weighted by atomic mass is 9.82. The summed E-state index contributed by atoms with van der Waals surface area (Å²) >= 11 is 0. The van der Waals surface area contributed by atoms with Crippen LogP contribution in [-0.4, -0.2) is 19.0 Å². The van der Waals surface area contributed by atoms with Crippen LogP contribution in [0.1, 0.15) is 31.9 Å². The van der Waals surface area contributed by atoms with Crippen molar-refractivity contribution in [1.82, 2.24) is 5.32 Å². The van der Waals surface area contributed by atoms with Gasteiger partial charge in [0.25, 0.3) is 0 Å². The zero-order valence-electron chi connectivity index (χ0n) is 12.5. The SMILES string of the molecule is C=C(C)CNC(N)=NCC(C)(C)c1ccccc1C. The van der Waals surface area contributed by atoms with Crippen LogP contribution in [0.2, 0.25) is 0 Å². The molecule has 0 saturated heterocycles. The Morgan fingerprint density at radius 3 is 2.58 bits per heavy atom. The maximum atomic E-state index is 5.84. The molecule has 3 N–H and O–H groups in total. The van der Waals surface area contributed by atoms with E-state index in [2.05, 4.69) is 61.9 Å². The first-order chi connectivity index (χ1) is 8.83. The summed E-state index contributed by atoms with van der Waals surface area (Å²) < 4.78 is 0. The summed E-state index contributed by atoms with van der Waals surface area (Å²) in [5.41, 5.74) is 9.45. The Kier molecular flexibility index (Phi) is 5.16. The highest BCUT2D eigenvalue weighted by molar-refractivity contribution is 5.78. The van der Waals surface area contributed by atoms with Gasteiger partial charge in [0.1, 0.15) is 0 Å². The van der Waals surface area contributed by atoms with E-state index < -0.39 is 0 Å². The molecule has 0 saturated carbocycles. The van der Waals surface area contributed by atoms with Crippen molar-refractivity contribution in [1.29, 1.82) is 0 Å². The minimum absolute atomic E-state index is 0.0269. The van der Waals surface area contributed by atoms with Crippen molar-refractivity contribution < 1.29 is 0 Å². The molecule has 104 valence electrons. The van der Waals surface area contributed by atoms with Gasteiger partial charge in [-0.3, -0.25) is 4.99 Å². The summed E-state index contributed by atoms with van der Waals surface area (Å²) in [5, 5.41) is 3.05. The zero-order chi connectivity index (χ0) is 14.5. The van der Waals surface area contributed by atoms with E-state index in [0.717, 1.165) is 5.57 Å². The Bertz CT molecular complexity index is 473. The van der Waals surface area contributed by atoms with Crippen LogP contribution in [0.15, 0.2) is 41.4 Å². The van der Waals surface area contributed by atoms with Crippen LogP contribution in [0.5, 0.6) is 0 Å². The monoisotopic (exact) mass is 259 g/mol. The van der Waals surface area contributed by atoms with Crippen LogP contribution in [0.4, 0.5) is 0 Å². The first-order valence-electron chi connectivity index (χ1n) is 6.57. The fourth-order valence-electron chi connectivity index (χ4n) is 2.00. The Morgan fingerprint density at radius 1 is 1.37 bits per heavy atom. The molecule has 0 heterocycles. The molecule has 3 heteroatoms. The molecule has 0 bridgehead atoms. The lowest BCUT2D eigenvalue weighted by Crippen LogP contribution is -2.34. The number of nitrogens with two attached hydrogens (primary N) is 1. The molecule has 0 aliphatic carbocycles. The third-order valence-electron chi connectivity index (χ3n) is 3.09. The molecule has 0 aromatic heterocycles. The Morgan fingerprint density at radius 2 is 2.00 bits per heavy atom. The Hall–Kier alpha value is -1.77. The van der Waals surface area contributed by atoms with Gasteiger partial charge in [-0.1, -0.05) is 50.3 Å². The number of rotatable bonds is 5. The number of aliphatic imine (C=N–C) groups is 1. The van der Waals surface area contributed by atoms with Crippen LogP contribution in [0, 0.1) is 6.92 Å². The van der Waals surface area contributed by atoms with E-state index in [9.17, 15) is 0 Å². The average Bonchev–Trinajstić information content (AvgIpc) is 2.34. The summed E-state index contributed by atoms with van der Waals surface area (Å²) in [5.74, 6) is 0.477. The third-order valence-corrected chi connectivity index (χ3v) is 3.09. The van der Waals surface area contributed by atoms with Crippen LogP contribution in [0.3, 0.4) is 0 Å². The summed E-state index contributed by atoms with van der Waals surface area (Å²) in [6, 6.07) is 8.41. The Labute approximate surface area is 116 Å². The minimum atomic E-state index is -0.0269. The van der Waals surface area contributed by atoms with Gasteiger partial charge in [-0.25, -0.2) is 0 Å². The van der Waals surface area contributed by atoms with E-state index in [0.29, 0.717) is 19.0 Å². The van der Waals surface area contributed by atoms with Crippen LogP contribution < -0.4 is 11.1 Å². The predicted molar refractivity (Wildman–Crippen MR) is 83.5 cm³/mol. The van der Waals surface area contributed by atoms with Gasteiger partial charge >= 0.3 is 0 Å². The highest BCUT2D eigenvalue weighted by Crippen LogP contribution is 2.26. The molecule has 0 atom stereocenters. The van der Waals surface area contributed by atoms with Crippen molar-refractivity contribution in [2.45, 2.75) is 33.1 Å². The van der Waals surface area contributed by atoms with E-state index in [1.807, 2.05) is 6.92 Å². The van der Waals surface area contributed by atoms with Gasteiger partial charge < -0.3 is 11.1 Å². The predicted octanol–water partition coefficient (Wildman–Crippen LogP) is 2.75. The highest BCUT2D eigenvalue weighted by atomic mass is 15.1. The fourth-order valence-corrected chi connectivity index (χ4v) is 2.00. The van der Waals surface area contributed by atoms with Gasteiger partial charge in [0, 0.05) is 12.0 Å². The van der Waals surface area contributed by atoms with Gasteiger partial charge in [0.15, 0.2) is 5.96 Å². The molecule has 3 nitrogen and oxygen atoms in total. The molecular weight excluding hydrogens is 234 g/mol. The maximum absolute atomic E-state index is 5.84. The zero-order valence-corrected chi connectivity index (χ0v) is 12.5. The summed E-state index contributed by atoms with van der Waals surface area (Å²) in [6.45, 7) is 13.6. The average molecular weight is 259 g/mol. The van der Waals surface area contributed by atoms with Crippen molar-refractivity contribution >= 4 is 5.96 Å². The van der Waals surface area contributed by atoms with E-state index in [4.69, 9.17) is 5.73 Å². The smallest absolute Gasteiger partial charge is 0.188 e. The number of benzene rings is 1. The number of guanidine groups is 1. The minimum Gasteiger partial charge on any atom is -0.370 e. The molecule has 19 heavy (non-hydrogen) atoms. The van der Waals surface area contributed by atoms with Crippen molar-refractivity contribution in [2.24, 2.45) is 10.7 Å². The molecule has 0 radical (unpaired) electrons. The topological polar surface area (TPSA) is 50.4 Å². The van der Waals surface area contributed by atoms with Gasteiger partial charge in [-0.15, -0.1) is 0 Å². The highest BCUT2D eigenvalue weighted by Gasteiger charge is 2.21. The maximum Gasteiger partial charge on any atom is 0.188 e. The van der Waals surface area contributed by atoms with Gasteiger partial charge in [0.2, 0.25) is 0 Å². The van der Waals surface area contributed by atoms with E-state index >= 15 is 0 Å². The largest absolute Gasteiger partial charge is 0.370 e. The molecule has 0 aliphatic heterocycles. The third kappa shape index (κ3) is 4.78. The van der Waals surface area contributed by atoms with Crippen molar-refractivity contribution in [3.05, 3.63) is 47.5 Å². The molecule has 0 spiro atoms. The van der Waals surface area contributed by atoms with Gasteiger partial charge in [-0.2, -0.15) is 0 Å². The fraction of sp³-hybridized carbons (Fsp3) is 0.438. The molecule has 0 fully saturated rings. The second kappa shape index (κ2) is 6.41. The summed E-state index contributed by atoms with van der Waals surface area (Å²) in [7, 11) is 0. The molecule has 0 aliphatic rings. The van der Waals surface area contributed by atoms with E-state index in [-0.39, 0.29) is 5.41 Å². The molecule has 1 rings (SSSR count). The molecule has 0 amide bonds. The lowest BCUT2D eigenvalue weighted by Gasteiger charge is -2.25. The van der Waals surface area contributed by atoms with Crippen molar-refractivity contribution in [3.8, 4) is 0 Å².